The van der Waals surface area contributed by atoms with E-state index < -0.39 is 0 Å². The topological polar surface area (TPSA) is 73.6 Å². The van der Waals surface area contributed by atoms with Crippen molar-refractivity contribution in [2.45, 2.75) is 6.54 Å². The van der Waals surface area contributed by atoms with Crippen LogP contribution in [0.1, 0.15) is 5.56 Å². The van der Waals surface area contributed by atoms with E-state index in [2.05, 4.69) is 62.7 Å². The number of hydrogen-bond donors (Lipinski definition) is 3. The summed E-state index contributed by atoms with van der Waals surface area (Å²) in [6.07, 6.45) is 1.84. The fraction of sp³-hybridized carbons (Fsp3) is 0.0435. The van der Waals surface area contributed by atoms with Crippen LogP contribution in [0.25, 0.3) is 33.1 Å². The SMILES string of the molecule is O=c1[nH]c2ccc(-c3ccc(NCc4cccc5ccccc45)cn3)cc2[nH]1. The minimum Gasteiger partial charge on any atom is -0.380 e. The van der Waals surface area contributed by atoms with E-state index in [1.54, 1.807) is 0 Å². The zero-order chi connectivity index (χ0) is 18.9. The molecule has 5 nitrogen and oxygen atoms in total. The molecule has 5 aromatic rings. The molecule has 0 aliphatic carbocycles. The molecular weight excluding hydrogens is 348 g/mol. The third-order valence-electron chi connectivity index (χ3n) is 4.94. The van der Waals surface area contributed by atoms with E-state index in [0.29, 0.717) is 0 Å². The number of benzene rings is 3. The van der Waals surface area contributed by atoms with Gasteiger partial charge >= 0.3 is 5.69 Å². The number of imidazole rings is 1. The van der Waals surface area contributed by atoms with Gasteiger partial charge in [-0.25, -0.2) is 4.79 Å². The normalized spacial score (nSPS) is 11.1. The lowest BCUT2D eigenvalue weighted by Gasteiger charge is -2.10. The Labute approximate surface area is 161 Å². The largest absolute Gasteiger partial charge is 0.380 e. The van der Waals surface area contributed by atoms with E-state index in [-0.39, 0.29) is 5.69 Å². The van der Waals surface area contributed by atoms with E-state index in [9.17, 15) is 4.79 Å². The highest BCUT2D eigenvalue weighted by Crippen LogP contribution is 2.23. The van der Waals surface area contributed by atoms with Crippen molar-refractivity contribution in [2.24, 2.45) is 0 Å². The van der Waals surface area contributed by atoms with Crippen molar-refractivity contribution in [2.75, 3.05) is 5.32 Å². The predicted octanol–water partition coefficient (Wildman–Crippen LogP) is 4.68. The molecule has 28 heavy (non-hydrogen) atoms. The van der Waals surface area contributed by atoms with Gasteiger partial charge in [-0.1, -0.05) is 48.5 Å². The van der Waals surface area contributed by atoms with E-state index in [1.165, 1.54) is 16.3 Å². The van der Waals surface area contributed by atoms with Crippen molar-refractivity contribution in [3.8, 4) is 11.3 Å². The first kappa shape index (κ1) is 16.3. The van der Waals surface area contributed by atoms with Gasteiger partial charge in [0.15, 0.2) is 0 Å². The van der Waals surface area contributed by atoms with Gasteiger partial charge in [0, 0.05) is 12.1 Å². The molecule has 0 aliphatic heterocycles. The molecule has 0 radical (unpaired) electrons. The lowest BCUT2D eigenvalue weighted by Crippen LogP contribution is -2.00. The molecule has 5 heteroatoms. The quantitative estimate of drug-likeness (QED) is 0.432. The van der Waals surface area contributed by atoms with Crippen molar-refractivity contribution in [3.05, 3.63) is 95.0 Å². The van der Waals surface area contributed by atoms with Crippen LogP contribution in [-0.2, 0) is 6.54 Å². The number of nitrogens with zero attached hydrogens (tertiary/aromatic N) is 1. The van der Waals surface area contributed by atoms with Gasteiger partial charge in [-0.3, -0.25) is 4.98 Å². The number of aromatic amines is 2. The second-order valence-corrected chi connectivity index (χ2v) is 6.76. The molecule has 0 saturated carbocycles. The van der Waals surface area contributed by atoms with Gasteiger partial charge in [0.2, 0.25) is 0 Å². The second kappa shape index (κ2) is 6.70. The summed E-state index contributed by atoms with van der Waals surface area (Å²) in [4.78, 5) is 21.5. The summed E-state index contributed by atoms with van der Waals surface area (Å²) in [7, 11) is 0. The maximum atomic E-state index is 11.4. The van der Waals surface area contributed by atoms with E-state index in [4.69, 9.17) is 0 Å². The van der Waals surface area contributed by atoms with Crippen molar-refractivity contribution in [3.63, 3.8) is 0 Å². The summed E-state index contributed by atoms with van der Waals surface area (Å²) >= 11 is 0. The fourth-order valence-electron chi connectivity index (χ4n) is 3.50. The smallest absolute Gasteiger partial charge is 0.323 e. The van der Waals surface area contributed by atoms with Crippen molar-refractivity contribution >= 4 is 27.5 Å². The molecule has 3 N–H and O–H groups in total. The van der Waals surface area contributed by atoms with Crippen LogP contribution >= 0.6 is 0 Å². The molecule has 0 bridgehead atoms. The number of hydrogen-bond acceptors (Lipinski definition) is 3. The summed E-state index contributed by atoms with van der Waals surface area (Å²) in [6, 6.07) is 24.5. The molecule has 2 heterocycles. The lowest BCUT2D eigenvalue weighted by molar-refractivity contribution is 1.15. The predicted molar refractivity (Wildman–Crippen MR) is 113 cm³/mol. The first-order valence-corrected chi connectivity index (χ1v) is 9.15. The Balaban J connectivity index is 1.36. The third-order valence-corrected chi connectivity index (χ3v) is 4.94. The highest BCUT2D eigenvalue weighted by Gasteiger charge is 2.05. The average molecular weight is 366 g/mol. The summed E-state index contributed by atoms with van der Waals surface area (Å²) in [5.41, 5.74) is 5.41. The number of H-pyrrole nitrogens is 2. The zero-order valence-electron chi connectivity index (χ0n) is 15.1. The molecule has 0 fully saturated rings. The molecule has 2 aromatic heterocycles. The Kier molecular flexibility index (Phi) is 3.91. The number of pyridine rings is 1. The average Bonchev–Trinajstić information content (AvgIpc) is 3.12. The molecule has 0 atom stereocenters. The van der Waals surface area contributed by atoms with Crippen LogP contribution in [0, 0.1) is 0 Å². The minimum absolute atomic E-state index is 0.201. The number of fused-ring (bicyclic) bond motifs is 2. The van der Waals surface area contributed by atoms with E-state index in [1.807, 2.05) is 36.5 Å². The number of anilines is 1. The van der Waals surface area contributed by atoms with Crippen LogP contribution in [0.4, 0.5) is 5.69 Å². The Morgan fingerprint density at radius 1 is 0.857 bits per heavy atom. The van der Waals surface area contributed by atoms with E-state index in [0.717, 1.165) is 34.5 Å². The van der Waals surface area contributed by atoms with Crippen molar-refractivity contribution in [1.82, 2.24) is 15.0 Å². The van der Waals surface area contributed by atoms with Crippen LogP contribution in [0.2, 0.25) is 0 Å². The number of nitrogens with one attached hydrogen (secondary N) is 3. The summed E-state index contributed by atoms with van der Waals surface area (Å²) in [6.45, 7) is 0.735. The second-order valence-electron chi connectivity index (χ2n) is 6.76. The van der Waals surface area contributed by atoms with Gasteiger partial charge in [0.05, 0.1) is 28.6 Å². The van der Waals surface area contributed by atoms with Gasteiger partial charge in [0.1, 0.15) is 0 Å². The molecule has 0 unspecified atom stereocenters. The molecule has 5 rings (SSSR count). The third kappa shape index (κ3) is 3.03. The Morgan fingerprint density at radius 3 is 2.61 bits per heavy atom. The first-order valence-electron chi connectivity index (χ1n) is 9.15. The molecule has 0 amide bonds. The Bertz CT molecular complexity index is 1330. The monoisotopic (exact) mass is 366 g/mol. The highest BCUT2D eigenvalue weighted by atomic mass is 16.1. The number of rotatable bonds is 4. The molecule has 0 saturated heterocycles. The van der Waals surface area contributed by atoms with Gasteiger partial charge in [-0.15, -0.1) is 0 Å². The highest BCUT2D eigenvalue weighted by molar-refractivity contribution is 5.86. The molecule has 0 spiro atoms. The Hall–Kier alpha value is -3.86. The van der Waals surface area contributed by atoms with E-state index >= 15 is 0 Å². The first-order chi connectivity index (χ1) is 13.8. The van der Waals surface area contributed by atoms with Crippen LogP contribution in [-0.4, -0.2) is 15.0 Å². The molecule has 3 aromatic carbocycles. The van der Waals surface area contributed by atoms with Crippen LogP contribution in [0.15, 0.2) is 83.8 Å². The van der Waals surface area contributed by atoms with Crippen molar-refractivity contribution < 1.29 is 0 Å². The van der Waals surface area contributed by atoms with Gasteiger partial charge < -0.3 is 15.3 Å². The maximum absolute atomic E-state index is 11.4. The standard InChI is InChI=1S/C23H18N4O/c28-23-26-21-10-8-16(12-22(21)27-23)20-11-9-18(14-25-20)24-13-17-6-3-5-15-4-1-2-7-19(15)17/h1-12,14,24H,13H2,(H2,26,27,28). The molecule has 136 valence electrons. The number of aromatic nitrogens is 3. The van der Waals surface area contributed by atoms with Gasteiger partial charge in [-0.05, 0) is 40.6 Å². The van der Waals surface area contributed by atoms with Gasteiger partial charge in [-0.2, -0.15) is 0 Å². The van der Waals surface area contributed by atoms with Crippen LogP contribution in [0.5, 0.6) is 0 Å². The summed E-state index contributed by atoms with van der Waals surface area (Å²) in [5.74, 6) is 0. The lowest BCUT2D eigenvalue weighted by atomic mass is 10.0. The Morgan fingerprint density at radius 2 is 1.71 bits per heavy atom. The minimum atomic E-state index is -0.201. The molecule has 0 aliphatic rings. The van der Waals surface area contributed by atoms with Crippen LogP contribution in [0.3, 0.4) is 0 Å². The zero-order valence-corrected chi connectivity index (χ0v) is 15.1. The summed E-state index contributed by atoms with van der Waals surface area (Å²) in [5, 5.41) is 5.95. The summed E-state index contributed by atoms with van der Waals surface area (Å²) < 4.78 is 0. The van der Waals surface area contributed by atoms with Gasteiger partial charge in [0.25, 0.3) is 0 Å². The fourth-order valence-corrected chi connectivity index (χ4v) is 3.50. The molecular formula is C23H18N4O. The maximum Gasteiger partial charge on any atom is 0.323 e. The van der Waals surface area contributed by atoms with Crippen molar-refractivity contribution in [1.29, 1.82) is 0 Å². The van der Waals surface area contributed by atoms with Crippen LogP contribution < -0.4 is 11.0 Å².